The molecule has 7 rings (SSSR count). The van der Waals surface area contributed by atoms with Gasteiger partial charge in [-0.15, -0.1) is 22.0 Å². The van der Waals surface area contributed by atoms with Crippen LogP contribution in [-0.2, 0) is 38.3 Å². The summed E-state index contributed by atoms with van der Waals surface area (Å²) in [7, 11) is 0. The van der Waals surface area contributed by atoms with Crippen LogP contribution in [0, 0.1) is 0 Å². The third-order valence-corrected chi connectivity index (χ3v) is 13.4. The molecule has 0 radical (unpaired) electrons. The Morgan fingerprint density at radius 2 is 1.61 bits per heavy atom. The second-order valence-corrected chi connectivity index (χ2v) is 17.0. The minimum atomic E-state index is -2.15. The first-order valence-corrected chi connectivity index (χ1v) is 22.0. The van der Waals surface area contributed by atoms with E-state index in [9.17, 15) is 38.4 Å². The van der Waals surface area contributed by atoms with Crippen molar-refractivity contribution in [2.24, 2.45) is 0 Å². The molecule has 0 spiro atoms. The van der Waals surface area contributed by atoms with Crippen molar-refractivity contribution < 1.29 is 47.8 Å². The normalized spacial score (nSPS) is 19.0. The third-order valence-electron chi connectivity index (χ3n) is 10.0. The second kappa shape index (κ2) is 19.0. The van der Waals surface area contributed by atoms with Crippen LogP contribution in [0.2, 0.25) is 0 Å². The third kappa shape index (κ3) is 8.90. The van der Waals surface area contributed by atoms with E-state index in [1.165, 1.54) is 64.1 Å². The lowest BCUT2D eigenvalue weighted by Crippen LogP contribution is -2.85. The number of urea groups is 1. The number of amides is 7. The Morgan fingerprint density at radius 3 is 2.21 bits per heavy atom. The van der Waals surface area contributed by atoms with Gasteiger partial charge in [-0.3, -0.25) is 38.6 Å². The number of aromatic nitrogens is 2. The van der Waals surface area contributed by atoms with Crippen molar-refractivity contribution in [2.45, 2.75) is 41.4 Å². The first kappa shape index (κ1) is 43.5. The fraction of sp³-hybridized carbons (Fsp3) is 0.268. The van der Waals surface area contributed by atoms with E-state index in [-0.39, 0.29) is 54.6 Å². The molecule has 320 valence electrons. The van der Waals surface area contributed by atoms with Gasteiger partial charge >= 0.3 is 29.8 Å². The number of nitrogens with one attached hydrogen (secondary N) is 3. The highest BCUT2D eigenvalue weighted by Gasteiger charge is 2.66. The number of esters is 2. The summed E-state index contributed by atoms with van der Waals surface area (Å²) in [5.41, 5.74) is 1.32. The Bertz CT molecular complexity index is 2370. The topological polar surface area (TPSA) is 227 Å². The van der Waals surface area contributed by atoms with Crippen LogP contribution in [0.1, 0.15) is 42.7 Å². The van der Waals surface area contributed by atoms with Gasteiger partial charge in [-0.2, -0.15) is 0 Å². The quantitative estimate of drug-likeness (QED) is 0.0297. The zero-order valence-electron chi connectivity index (χ0n) is 33.0. The Balaban J connectivity index is 1.20. The number of nitrogens with zero attached hydrogens (tertiary/aromatic N) is 5. The maximum absolute atomic E-state index is 14.7. The molecule has 3 aliphatic heterocycles. The van der Waals surface area contributed by atoms with Gasteiger partial charge in [0, 0.05) is 38.1 Å². The molecule has 2 saturated heterocycles. The van der Waals surface area contributed by atoms with Crippen molar-refractivity contribution in [1.29, 1.82) is 0 Å². The van der Waals surface area contributed by atoms with E-state index in [0.717, 1.165) is 11.8 Å². The highest BCUT2D eigenvalue weighted by Crippen LogP contribution is 2.47. The molecule has 21 heteroatoms. The summed E-state index contributed by atoms with van der Waals surface area (Å²) in [6, 6.07) is 20.9. The lowest BCUT2D eigenvalue weighted by Gasteiger charge is -2.56. The lowest BCUT2D eigenvalue weighted by molar-refractivity contribution is -0.164. The molecule has 18 nitrogen and oxygen atoms in total. The average Bonchev–Trinajstić information content (AvgIpc) is 3.81. The molecule has 1 unspecified atom stereocenters. The van der Waals surface area contributed by atoms with Crippen LogP contribution in [0.3, 0.4) is 0 Å². The summed E-state index contributed by atoms with van der Waals surface area (Å²) >= 11 is 3.77. The van der Waals surface area contributed by atoms with Gasteiger partial charge in [-0.1, -0.05) is 95.9 Å². The molecule has 3 aromatic carbocycles. The number of ether oxygens (including phenoxy) is 2. The highest BCUT2D eigenvalue weighted by atomic mass is 32.2. The number of carbonyl (C=O) groups is 8. The highest BCUT2D eigenvalue weighted by molar-refractivity contribution is 8.01. The molecule has 3 aliphatic rings. The molecule has 0 saturated carbocycles. The number of β-lactam (4-membered cyclic amide) rings is 1. The van der Waals surface area contributed by atoms with Gasteiger partial charge in [0.2, 0.25) is 18.0 Å². The van der Waals surface area contributed by atoms with Gasteiger partial charge < -0.3 is 30.3 Å². The van der Waals surface area contributed by atoms with Crippen molar-refractivity contribution in [2.75, 3.05) is 31.1 Å². The standard InChI is InChI=1S/C41H38N8O10S3/c1-3-47-18-19-48(35(54)34(47)53)39(57)44-30(25-14-16-29(17-15-25)58-24(2)51)33(52)45-41(42-22-50)37(56)49-31(28(20-60-38(41)49)21-61-40-46-43-23-62-40)36(55)59-32(26-10-6-4-7-11-26)27-12-8-5-9-13-27/h4-17,22-23,30,32,38H,3,18-21H2,1-2H3,(H,42,50)(H,44,57)(H,45,52)/t30?,38-,41+/m0/s1. The van der Waals surface area contributed by atoms with E-state index in [4.69, 9.17) is 9.47 Å². The number of piperazine rings is 1. The van der Waals surface area contributed by atoms with E-state index in [1.54, 1.807) is 12.4 Å². The minimum Gasteiger partial charge on any atom is -0.448 e. The van der Waals surface area contributed by atoms with Gasteiger partial charge in [-0.25, -0.2) is 9.59 Å². The maximum Gasteiger partial charge on any atom is 0.356 e. The van der Waals surface area contributed by atoms with Crippen LogP contribution >= 0.6 is 34.9 Å². The van der Waals surface area contributed by atoms with Crippen molar-refractivity contribution in [3.05, 3.63) is 118 Å². The fourth-order valence-corrected chi connectivity index (χ4v) is 10.1. The van der Waals surface area contributed by atoms with E-state index in [0.29, 0.717) is 25.9 Å². The molecule has 2 fully saturated rings. The molecule has 3 atom stereocenters. The molecule has 4 aromatic rings. The Kier molecular flexibility index (Phi) is 13.3. The van der Waals surface area contributed by atoms with Crippen molar-refractivity contribution in [3.8, 4) is 5.75 Å². The van der Waals surface area contributed by atoms with Gasteiger partial charge in [0.05, 0.1) is 0 Å². The number of carbonyl (C=O) groups excluding carboxylic acids is 8. The number of likely N-dealkylation sites (N-methyl/N-ethyl adjacent to an activating group) is 1. The summed E-state index contributed by atoms with van der Waals surface area (Å²) in [4.78, 5) is 110. The van der Waals surface area contributed by atoms with Gasteiger partial charge in [0.15, 0.2) is 10.4 Å². The first-order chi connectivity index (χ1) is 29.9. The van der Waals surface area contributed by atoms with E-state index >= 15 is 0 Å². The molecule has 3 N–H and O–H groups in total. The molecular weight excluding hydrogens is 861 g/mol. The van der Waals surface area contributed by atoms with E-state index < -0.39 is 64.8 Å². The van der Waals surface area contributed by atoms with Crippen LogP contribution in [0.5, 0.6) is 5.75 Å². The first-order valence-electron chi connectivity index (χ1n) is 19.1. The molecule has 4 heterocycles. The summed E-state index contributed by atoms with van der Waals surface area (Å²) in [5, 5.41) is 14.4. The van der Waals surface area contributed by atoms with E-state index in [1.807, 2.05) is 60.7 Å². The Labute approximate surface area is 366 Å². The maximum atomic E-state index is 14.7. The number of fused-ring (bicyclic) bond motifs is 1. The van der Waals surface area contributed by atoms with Crippen molar-refractivity contribution >= 4 is 82.9 Å². The number of thioether (sulfide) groups is 2. The SMILES string of the molecule is CCN1CCN(C(=O)NC(C(=O)N[C@]2(NC=O)C(=O)N3C(C(=O)OC(c4ccccc4)c4ccccc4)=C(CSc4nncs4)CS[C@H]32)c2ccc(OC(C)=O)cc2)C(=O)C1=O. The second-order valence-electron chi connectivity index (χ2n) is 13.8. The minimum absolute atomic E-state index is 0.0645. The Morgan fingerprint density at radius 1 is 0.935 bits per heavy atom. The largest absolute Gasteiger partial charge is 0.448 e. The van der Waals surface area contributed by atoms with Crippen molar-refractivity contribution in [3.63, 3.8) is 0 Å². The molecule has 0 bridgehead atoms. The van der Waals surface area contributed by atoms with Crippen LogP contribution in [0.25, 0.3) is 0 Å². The van der Waals surface area contributed by atoms with Crippen LogP contribution in [0.4, 0.5) is 4.79 Å². The van der Waals surface area contributed by atoms with Gasteiger partial charge in [0.25, 0.3) is 5.91 Å². The number of benzene rings is 3. The van der Waals surface area contributed by atoms with Gasteiger partial charge in [0.1, 0.15) is 28.4 Å². The van der Waals surface area contributed by atoms with Crippen LogP contribution < -0.4 is 20.7 Å². The van der Waals surface area contributed by atoms with Gasteiger partial charge in [-0.05, 0) is 41.3 Å². The molecule has 62 heavy (non-hydrogen) atoms. The number of hydrogen-bond acceptors (Lipinski definition) is 15. The summed E-state index contributed by atoms with van der Waals surface area (Å²) in [6.07, 6.45) is -0.640. The summed E-state index contributed by atoms with van der Waals surface area (Å²) < 4.78 is 12.0. The lowest BCUT2D eigenvalue weighted by atomic mass is 9.94. The van der Waals surface area contributed by atoms with Crippen LogP contribution in [-0.4, -0.2) is 115 Å². The molecular formula is C41H38N8O10S3. The molecule has 1 aromatic heterocycles. The fourth-order valence-electron chi connectivity index (χ4n) is 7.05. The Hall–Kier alpha value is -6.58. The summed E-state index contributed by atoms with van der Waals surface area (Å²) in [6.45, 7) is 3.04. The van der Waals surface area contributed by atoms with E-state index in [2.05, 4.69) is 26.1 Å². The van der Waals surface area contributed by atoms with Crippen molar-refractivity contribution in [1.82, 2.24) is 40.8 Å². The zero-order valence-corrected chi connectivity index (χ0v) is 35.5. The predicted octanol–water partition coefficient (Wildman–Crippen LogP) is 2.76. The molecule has 7 amide bonds. The monoisotopic (exact) mass is 898 g/mol. The van der Waals surface area contributed by atoms with Crippen LogP contribution in [0.15, 0.2) is 106 Å². The number of hydrogen-bond donors (Lipinski definition) is 3. The molecule has 0 aliphatic carbocycles. The zero-order chi connectivity index (χ0) is 44.0. The summed E-state index contributed by atoms with van der Waals surface area (Å²) in [5.74, 6) is -4.83. The smallest absolute Gasteiger partial charge is 0.356 e. The number of rotatable bonds is 15. The predicted molar refractivity (Wildman–Crippen MR) is 225 cm³/mol. The average molecular weight is 899 g/mol. The number of imide groups is 1.